The molecule has 0 amide bonds. The van der Waals surface area contributed by atoms with Crippen molar-refractivity contribution in [2.75, 3.05) is 23.7 Å². The van der Waals surface area contributed by atoms with Crippen molar-refractivity contribution in [3.63, 3.8) is 0 Å². The van der Waals surface area contributed by atoms with Gasteiger partial charge in [-0.05, 0) is 19.9 Å². The van der Waals surface area contributed by atoms with Crippen LogP contribution in [0.5, 0.6) is 0 Å². The molecular weight excluding hydrogens is 192 g/mol. The number of anilines is 2. The van der Waals surface area contributed by atoms with E-state index >= 15 is 0 Å². The van der Waals surface area contributed by atoms with E-state index in [0.29, 0.717) is 5.95 Å². The molecule has 0 bridgehead atoms. The number of hydrogen-bond donors (Lipinski definition) is 1. The molecule has 5 heteroatoms. The predicted octanol–water partition coefficient (Wildman–Crippen LogP) is 0.672. The van der Waals surface area contributed by atoms with Gasteiger partial charge in [-0.25, -0.2) is 4.98 Å². The van der Waals surface area contributed by atoms with Crippen LogP contribution < -0.4 is 10.6 Å². The molecule has 2 N–H and O–H groups in total. The van der Waals surface area contributed by atoms with Gasteiger partial charge in [-0.15, -0.1) is 0 Å². The van der Waals surface area contributed by atoms with Crippen LogP contribution in [0, 0.1) is 0 Å². The van der Waals surface area contributed by atoms with Gasteiger partial charge in [0.05, 0.1) is 12.2 Å². The van der Waals surface area contributed by atoms with Crippen LogP contribution in [0.3, 0.4) is 0 Å². The van der Waals surface area contributed by atoms with Crippen LogP contribution >= 0.6 is 0 Å². The van der Waals surface area contributed by atoms with Gasteiger partial charge >= 0.3 is 0 Å². The summed E-state index contributed by atoms with van der Waals surface area (Å²) in [6.45, 7) is 5.82. The molecule has 0 spiro atoms. The Hall–Kier alpha value is -1.36. The highest BCUT2D eigenvalue weighted by Crippen LogP contribution is 2.17. The zero-order chi connectivity index (χ0) is 10.8. The van der Waals surface area contributed by atoms with Gasteiger partial charge in [-0.2, -0.15) is 4.98 Å². The lowest BCUT2D eigenvalue weighted by Crippen LogP contribution is -2.45. The van der Waals surface area contributed by atoms with Crippen molar-refractivity contribution in [3.05, 3.63) is 12.3 Å². The Morgan fingerprint density at radius 2 is 2.07 bits per heavy atom. The van der Waals surface area contributed by atoms with E-state index in [1.165, 1.54) is 0 Å². The Morgan fingerprint density at radius 1 is 1.40 bits per heavy atom. The number of morpholine rings is 1. The Kier molecular flexibility index (Phi) is 2.73. The van der Waals surface area contributed by atoms with E-state index in [9.17, 15) is 0 Å². The summed E-state index contributed by atoms with van der Waals surface area (Å²) in [4.78, 5) is 10.3. The highest BCUT2D eigenvalue weighted by atomic mass is 16.5. The molecule has 5 nitrogen and oxygen atoms in total. The minimum absolute atomic E-state index is 0.227. The zero-order valence-electron chi connectivity index (χ0n) is 9.05. The van der Waals surface area contributed by atoms with Crippen LogP contribution in [0.25, 0.3) is 0 Å². The van der Waals surface area contributed by atoms with E-state index in [1.807, 2.05) is 6.07 Å². The zero-order valence-corrected chi connectivity index (χ0v) is 9.05. The third-order valence-electron chi connectivity index (χ3n) is 2.40. The first-order chi connectivity index (χ1) is 7.15. The highest BCUT2D eigenvalue weighted by molar-refractivity contribution is 5.41. The maximum absolute atomic E-state index is 5.65. The average molecular weight is 208 g/mol. The lowest BCUT2D eigenvalue weighted by molar-refractivity contribution is -0.00545. The van der Waals surface area contributed by atoms with Crippen LogP contribution in [0.2, 0.25) is 0 Å². The number of ether oxygens (including phenoxy) is 1. The van der Waals surface area contributed by atoms with E-state index in [2.05, 4.69) is 28.7 Å². The number of nitrogens with zero attached hydrogens (tertiary/aromatic N) is 3. The number of aromatic nitrogens is 2. The van der Waals surface area contributed by atoms with Gasteiger partial charge in [-0.1, -0.05) is 0 Å². The maximum atomic E-state index is 5.65. The lowest BCUT2D eigenvalue weighted by Gasteiger charge is -2.35. The third-order valence-corrected chi connectivity index (χ3v) is 2.40. The molecule has 1 aliphatic heterocycles. The van der Waals surface area contributed by atoms with Crippen molar-refractivity contribution in [3.8, 4) is 0 Å². The van der Waals surface area contributed by atoms with Crippen LogP contribution in [0.4, 0.5) is 11.8 Å². The molecule has 0 aromatic carbocycles. The van der Waals surface area contributed by atoms with E-state index in [0.717, 1.165) is 18.9 Å². The van der Waals surface area contributed by atoms with Crippen molar-refractivity contribution in [1.29, 1.82) is 0 Å². The van der Waals surface area contributed by atoms with Crippen molar-refractivity contribution in [1.82, 2.24) is 9.97 Å². The molecule has 1 fully saturated rings. The van der Waals surface area contributed by atoms with Crippen molar-refractivity contribution in [2.45, 2.75) is 26.1 Å². The number of rotatable bonds is 1. The fourth-order valence-corrected chi connectivity index (χ4v) is 1.90. The second-order valence-electron chi connectivity index (χ2n) is 3.94. The minimum atomic E-state index is 0.227. The number of nitrogen functional groups attached to an aromatic ring is 1. The summed E-state index contributed by atoms with van der Waals surface area (Å²) < 4.78 is 5.65. The van der Waals surface area contributed by atoms with Crippen molar-refractivity contribution in [2.24, 2.45) is 0 Å². The molecule has 0 saturated carbocycles. The molecule has 1 saturated heterocycles. The molecule has 2 atom stereocenters. The normalized spacial score (nSPS) is 26.7. The minimum Gasteiger partial charge on any atom is -0.372 e. The topological polar surface area (TPSA) is 64.3 Å². The third kappa shape index (κ3) is 2.36. The summed E-state index contributed by atoms with van der Waals surface area (Å²) in [6, 6.07) is 1.88. The molecular formula is C10H16N4O. The second kappa shape index (κ2) is 4.02. The first kappa shape index (κ1) is 10.2. The van der Waals surface area contributed by atoms with Crippen LogP contribution in [-0.2, 0) is 4.74 Å². The first-order valence-corrected chi connectivity index (χ1v) is 5.14. The Bertz CT molecular complexity index is 334. The molecule has 0 radical (unpaired) electrons. The van der Waals surface area contributed by atoms with E-state index in [4.69, 9.17) is 10.5 Å². The summed E-state index contributed by atoms with van der Waals surface area (Å²) in [5.74, 6) is 1.20. The van der Waals surface area contributed by atoms with Gasteiger partial charge in [0, 0.05) is 19.3 Å². The molecule has 2 heterocycles. The maximum Gasteiger partial charge on any atom is 0.221 e. The van der Waals surface area contributed by atoms with Gasteiger partial charge in [0.25, 0.3) is 0 Å². The quantitative estimate of drug-likeness (QED) is 0.735. The van der Waals surface area contributed by atoms with Crippen LogP contribution in [-0.4, -0.2) is 35.3 Å². The average Bonchev–Trinajstić information content (AvgIpc) is 2.16. The van der Waals surface area contributed by atoms with Gasteiger partial charge in [-0.3, -0.25) is 0 Å². The van der Waals surface area contributed by atoms with Gasteiger partial charge in [0.1, 0.15) is 5.82 Å². The smallest absolute Gasteiger partial charge is 0.221 e. The van der Waals surface area contributed by atoms with Crippen molar-refractivity contribution >= 4 is 11.8 Å². The molecule has 1 aliphatic rings. The van der Waals surface area contributed by atoms with Gasteiger partial charge in [0.15, 0.2) is 0 Å². The SMILES string of the molecule is C[C@@H]1CN(c2ccnc(N)n2)C[C@H](C)O1. The Labute approximate surface area is 89.3 Å². The molecule has 82 valence electrons. The fraction of sp³-hybridized carbons (Fsp3) is 0.600. The summed E-state index contributed by atoms with van der Waals surface area (Å²) in [5.41, 5.74) is 5.55. The molecule has 0 aliphatic carbocycles. The molecule has 15 heavy (non-hydrogen) atoms. The lowest BCUT2D eigenvalue weighted by atomic mass is 10.2. The Morgan fingerprint density at radius 3 is 2.67 bits per heavy atom. The van der Waals surface area contributed by atoms with Crippen LogP contribution in [0.1, 0.15) is 13.8 Å². The van der Waals surface area contributed by atoms with Crippen molar-refractivity contribution < 1.29 is 4.74 Å². The molecule has 0 unspecified atom stereocenters. The molecule has 1 aromatic rings. The largest absolute Gasteiger partial charge is 0.372 e. The summed E-state index contributed by atoms with van der Waals surface area (Å²) in [6.07, 6.45) is 2.14. The highest BCUT2D eigenvalue weighted by Gasteiger charge is 2.23. The predicted molar refractivity (Wildman–Crippen MR) is 58.7 cm³/mol. The van der Waals surface area contributed by atoms with E-state index in [1.54, 1.807) is 6.20 Å². The summed E-state index contributed by atoms with van der Waals surface area (Å²) in [5, 5.41) is 0. The Balaban J connectivity index is 2.16. The number of hydrogen-bond acceptors (Lipinski definition) is 5. The monoisotopic (exact) mass is 208 g/mol. The second-order valence-corrected chi connectivity index (χ2v) is 3.94. The van der Waals surface area contributed by atoms with Gasteiger partial charge < -0.3 is 15.4 Å². The van der Waals surface area contributed by atoms with E-state index < -0.39 is 0 Å². The molecule has 2 rings (SSSR count). The fourth-order valence-electron chi connectivity index (χ4n) is 1.90. The standard InChI is InChI=1S/C10H16N4O/c1-7-5-14(6-8(2)15-7)9-3-4-12-10(11)13-9/h3-4,7-8H,5-6H2,1-2H3,(H2,11,12,13)/t7-,8+. The van der Waals surface area contributed by atoms with Crippen LogP contribution in [0.15, 0.2) is 12.3 Å². The molecule has 1 aromatic heterocycles. The summed E-state index contributed by atoms with van der Waals surface area (Å²) >= 11 is 0. The van der Waals surface area contributed by atoms with E-state index in [-0.39, 0.29) is 12.2 Å². The summed E-state index contributed by atoms with van der Waals surface area (Å²) in [7, 11) is 0. The number of nitrogens with two attached hydrogens (primary N) is 1. The van der Waals surface area contributed by atoms with Gasteiger partial charge in [0.2, 0.25) is 5.95 Å². The first-order valence-electron chi connectivity index (χ1n) is 5.14.